The van der Waals surface area contributed by atoms with Crippen LogP contribution in [0.4, 0.5) is 0 Å². The van der Waals surface area contributed by atoms with Crippen LogP contribution in [0.15, 0.2) is 47.3 Å². The zero-order valence-electron chi connectivity index (χ0n) is 11.9. The summed E-state index contributed by atoms with van der Waals surface area (Å²) in [6.07, 6.45) is 1.03. The molecule has 0 spiro atoms. The third-order valence-corrected chi connectivity index (χ3v) is 3.62. The van der Waals surface area contributed by atoms with E-state index in [2.05, 4.69) is 10.4 Å². The van der Waals surface area contributed by atoms with E-state index >= 15 is 0 Å². The molecule has 110 valence electrons. The standard InChI is InChI=1S/C16H19N3O2/c20-16-7-6-15(13-4-2-1-3-5-13)18-19(16)10-9-17-14-8-11-21-12-14/h1-7,14,17H,8-12H2/t14-/m1/s1. The van der Waals surface area contributed by atoms with Gasteiger partial charge in [-0.1, -0.05) is 30.3 Å². The molecule has 1 atom stereocenters. The van der Waals surface area contributed by atoms with E-state index in [1.165, 1.54) is 4.68 Å². The predicted octanol–water partition coefficient (Wildman–Crippen LogP) is 1.29. The Labute approximate surface area is 123 Å². The minimum Gasteiger partial charge on any atom is -0.380 e. The molecule has 1 aromatic carbocycles. The minimum absolute atomic E-state index is 0.0702. The summed E-state index contributed by atoms with van der Waals surface area (Å²) in [5.41, 5.74) is 1.77. The Bertz CT molecular complexity index is 633. The zero-order chi connectivity index (χ0) is 14.5. The summed E-state index contributed by atoms with van der Waals surface area (Å²) in [6.45, 7) is 2.86. The lowest BCUT2D eigenvalue weighted by atomic mass is 10.1. The maximum absolute atomic E-state index is 11.9. The highest BCUT2D eigenvalue weighted by Gasteiger charge is 2.14. The third kappa shape index (κ3) is 3.56. The summed E-state index contributed by atoms with van der Waals surface area (Å²) in [5, 5.41) is 7.83. The molecule has 1 N–H and O–H groups in total. The van der Waals surface area contributed by atoms with Crippen LogP contribution in [-0.2, 0) is 11.3 Å². The Kier molecular flexibility index (Phi) is 4.43. The van der Waals surface area contributed by atoms with Crippen LogP contribution in [0, 0.1) is 0 Å². The van der Waals surface area contributed by atoms with E-state index in [0.717, 1.165) is 37.4 Å². The molecule has 21 heavy (non-hydrogen) atoms. The number of rotatable bonds is 5. The quantitative estimate of drug-likeness (QED) is 0.899. The van der Waals surface area contributed by atoms with Gasteiger partial charge in [0.05, 0.1) is 18.8 Å². The molecule has 0 aliphatic carbocycles. The number of benzene rings is 1. The maximum atomic E-state index is 11.9. The van der Waals surface area contributed by atoms with Gasteiger partial charge in [-0.25, -0.2) is 4.68 Å². The molecule has 2 aromatic rings. The molecule has 1 aliphatic rings. The Balaban J connectivity index is 1.68. The van der Waals surface area contributed by atoms with E-state index < -0.39 is 0 Å². The zero-order valence-corrected chi connectivity index (χ0v) is 11.9. The molecule has 3 rings (SSSR count). The molecule has 0 amide bonds. The largest absolute Gasteiger partial charge is 0.380 e. The second-order valence-electron chi connectivity index (χ2n) is 5.16. The van der Waals surface area contributed by atoms with Crippen molar-refractivity contribution >= 4 is 0 Å². The molecule has 1 aliphatic heterocycles. The lowest BCUT2D eigenvalue weighted by Gasteiger charge is -2.11. The first-order valence-corrected chi connectivity index (χ1v) is 7.28. The number of hydrogen-bond acceptors (Lipinski definition) is 4. The van der Waals surface area contributed by atoms with Crippen molar-refractivity contribution in [2.24, 2.45) is 0 Å². The predicted molar refractivity (Wildman–Crippen MR) is 81.2 cm³/mol. The third-order valence-electron chi connectivity index (χ3n) is 3.62. The summed E-state index contributed by atoms with van der Waals surface area (Å²) >= 11 is 0. The number of nitrogens with one attached hydrogen (secondary N) is 1. The van der Waals surface area contributed by atoms with Crippen LogP contribution in [0.2, 0.25) is 0 Å². The average Bonchev–Trinajstić information content (AvgIpc) is 3.03. The Morgan fingerprint density at radius 1 is 1.24 bits per heavy atom. The Morgan fingerprint density at radius 2 is 2.10 bits per heavy atom. The van der Waals surface area contributed by atoms with Crippen molar-refractivity contribution < 1.29 is 4.74 Å². The van der Waals surface area contributed by atoms with Crippen molar-refractivity contribution in [2.75, 3.05) is 19.8 Å². The van der Waals surface area contributed by atoms with E-state index in [4.69, 9.17) is 4.74 Å². The first-order chi connectivity index (χ1) is 10.3. The van der Waals surface area contributed by atoms with Crippen LogP contribution < -0.4 is 10.9 Å². The summed E-state index contributed by atoms with van der Waals surface area (Å²) in [7, 11) is 0. The highest BCUT2D eigenvalue weighted by Crippen LogP contribution is 2.13. The van der Waals surface area contributed by atoms with Crippen LogP contribution in [0.5, 0.6) is 0 Å². The van der Waals surface area contributed by atoms with Gasteiger partial charge in [-0.3, -0.25) is 4.79 Å². The van der Waals surface area contributed by atoms with Crippen molar-refractivity contribution in [3.8, 4) is 11.3 Å². The maximum Gasteiger partial charge on any atom is 0.266 e. The van der Waals surface area contributed by atoms with Gasteiger partial charge >= 0.3 is 0 Å². The fraction of sp³-hybridized carbons (Fsp3) is 0.375. The topological polar surface area (TPSA) is 56.2 Å². The Morgan fingerprint density at radius 3 is 2.86 bits per heavy atom. The van der Waals surface area contributed by atoms with Gasteiger partial charge in [0.15, 0.2) is 0 Å². The minimum atomic E-state index is -0.0702. The highest BCUT2D eigenvalue weighted by molar-refractivity contribution is 5.57. The summed E-state index contributed by atoms with van der Waals surface area (Å²) < 4.78 is 6.83. The van der Waals surface area contributed by atoms with Gasteiger partial charge in [-0.2, -0.15) is 5.10 Å². The molecule has 5 nitrogen and oxygen atoms in total. The van der Waals surface area contributed by atoms with E-state index in [1.807, 2.05) is 30.3 Å². The molecule has 0 saturated carbocycles. The van der Waals surface area contributed by atoms with Gasteiger partial charge in [0, 0.05) is 30.8 Å². The van der Waals surface area contributed by atoms with E-state index in [-0.39, 0.29) is 5.56 Å². The van der Waals surface area contributed by atoms with Crippen LogP contribution in [0.1, 0.15) is 6.42 Å². The van der Waals surface area contributed by atoms with E-state index in [9.17, 15) is 4.79 Å². The lowest BCUT2D eigenvalue weighted by molar-refractivity contribution is 0.189. The van der Waals surface area contributed by atoms with Crippen LogP contribution >= 0.6 is 0 Å². The van der Waals surface area contributed by atoms with Gasteiger partial charge in [-0.05, 0) is 12.5 Å². The van der Waals surface area contributed by atoms with Crippen LogP contribution in [0.3, 0.4) is 0 Å². The second kappa shape index (κ2) is 6.65. The lowest BCUT2D eigenvalue weighted by Crippen LogP contribution is -2.34. The van der Waals surface area contributed by atoms with Crippen molar-refractivity contribution in [3.05, 3.63) is 52.8 Å². The molecule has 1 aromatic heterocycles. The van der Waals surface area contributed by atoms with Gasteiger partial charge in [0.2, 0.25) is 0 Å². The van der Waals surface area contributed by atoms with Crippen molar-refractivity contribution in [3.63, 3.8) is 0 Å². The SMILES string of the molecule is O=c1ccc(-c2ccccc2)nn1CCN[C@@H]1CCOC1. The molecule has 0 bridgehead atoms. The molecular formula is C16H19N3O2. The fourth-order valence-corrected chi connectivity index (χ4v) is 2.44. The second-order valence-corrected chi connectivity index (χ2v) is 5.16. The normalized spacial score (nSPS) is 18.0. The molecule has 0 radical (unpaired) electrons. The molecule has 5 heteroatoms. The number of ether oxygens (including phenoxy) is 1. The summed E-state index contributed by atoms with van der Waals surface area (Å²) in [5.74, 6) is 0. The van der Waals surface area contributed by atoms with Crippen molar-refractivity contribution in [1.29, 1.82) is 0 Å². The first-order valence-electron chi connectivity index (χ1n) is 7.28. The molecule has 0 unspecified atom stereocenters. The van der Waals surface area contributed by atoms with Gasteiger partial charge < -0.3 is 10.1 Å². The highest BCUT2D eigenvalue weighted by atomic mass is 16.5. The fourth-order valence-electron chi connectivity index (χ4n) is 2.44. The van der Waals surface area contributed by atoms with Crippen LogP contribution in [0.25, 0.3) is 11.3 Å². The monoisotopic (exact) mass is 285 g/mol. The molecule has 2 heterocycles. The van der Waals surface area contributed by atoms with Gasteiger partial charge in [0.25, 0.3) is 5.56 Å². The molecule has 1 fully saturated rings. The Hall–Kier alpha value is -1.98. The van der Waals surface area contributed by atoms with E-state index in [0.29, 0.717) is 12.6 Å². The van der Waals surface area contributed by atoms with E-state index in [1.54, 1.807) is 12.1 Å². The smallest absolute Gasteiger partial charge is 0.266 e. The number of aromatic nitrogens is 2. The van der Waals surface area contributed by atoms with Gasteiger partial charge in [-0.15, -0.1) is 0 Å². The number of hydrogen-bond donors (Lipinski definition) is 1. The van der Waals surface area contributed by atoms with Gasteiger partial charge in [0.1, 0.15) is 0 Å². The molecule has 1 saturated heterocycles. The summed E-state index contributed by atoms with van der Waals surface area (Å²) in [4.78, 5) is 11.9. The molecular weight excluding hydrogens is 266 g/mol. The first kappa shape index (κ1) is 14.0. The van der Waals surface area contributed by atoms with Crippen molar-refractivity contribution in [1.82, 2.24) is 15.1 Å². The average molecular weight is 285 g/mol. The van der Waals surface area contributed by atoms with Crippen molar-refractivity contribution in [2.45, 2.75) is 19.0 Å². The summed E-state index contributed by atoms with van der Waals surface area (Å²) in [6, 6.07) is 13.6. The number of nitrogens with zero attached hydrogens (tertiary/aromatic N) is 2. The van der Waals surface area contributed by atoms with Crippen LogP contribution in [-0.4, -0.2) is 35.6 Å².